The van der Waals surface area contributed by atoms with Crippen LogP contribution in [0.4, 0.5) is 0 Å². The van der Waals surface area contributed by atoms with Crippen LogP contribution in [0.1, 0.15) is 24.3 Å². The molecule has 0 bridgehead atoms. The fourth-order valence-electron chi connectivity index (χ4n) is 2.71. The summed E-state index contributed by atoms with van der Waals surface area (Å²) in [6, 6.07) is 18.5. The van der Waals surface area contributed by atoms with Gasteiger partial charge in [-0.3, -0.25) is 4.90 Å². The molecule has 0 spiro atoms. The number of hydrogen-bond acceptors (Lipinski definition) is 5. The molecule has 6 nitrogen and oxygen atoms in total. The van der Waals surface area contributed by atoms with Crippen LogP contribution in [0.2, 0.25) is 0 Å². The van der Waals surface area contributed by atoms with Crippen molar-refractivity contribution in [3.63, 3.8) is 0 Å². The van der Waals surface area contributed by atoms with Gasteiger partial charge >= 0.3 is 0 Å². The molecule has 26 heavy (non-hydrogen) atoms. The summed E-state index contributed by atoms with van der Waals surface area (Å²) in [4.78, 5) is 2.21. The third-order valence-electron chi connectivity index (χ3n) is 4.39. The molecule has 0 amide bonds. The monoisotopic (exact) mass is 371 g/mol. The van der Waals surface area contributed by atoms with E-state index >= 15 is 0 Å². The van der Waals surface area contributed by atoms with E-state index in [9.17, 15) is 8.42 Å². The van der Waals surface area contributed by atoms with Gasteiger partial charge in [-0.1, -0.05) is 47.6 Å². The van der Waals surface area contributed by atoms with Gasteiger partial charge in [0.15, 0.2) is 5.76 Å². The molecule has 2 N–H and O–H groups in total. The lowest BCUT2D eigenvalue weighted by Crippen LogP contribution is -2.21. The molecule has 3 aromatic rings. The molecule has 136 valence electrons. The summed E-state index contributed by atoms with van der Waals surface area (Å²) in [5, 5.41) is 9.27. The van der Waals surface area contributed by atoms with Gasteiger partial charge < -0.3 is 4.52 Å². The van der Waals surface area contributed by atoms with E-state index in [4.69, 9.17) is 9.66 Å². The van der Waals surface area contributed by atoms with Gasteiger partial charge in [0.05, 0.1) is 11.4 Å². The number of benzene rings is 2. The summed E-state index contributed by atoms with van der Waals surface area (Å²) in [7, 11) is -1.70. The molecular formula is C19H21N3O3S. The van der Waals surface area contributed by atoms with Gasteiger partial charge in [-0.15, -0.1) is 0 Å². The lowest BCUT2D eigenvalue weighted by atomic mass is 10.1. The minimum atomic E-state index is -3.67. The maximum atomic E-state index is 11.4. The normalized spacial score (nSPS) is 13.1. The lowest BCUT2D eigenvalue weighted by molar-refractivity contribution is 0.221. The van der Waals surface area contributed by atoms with Crippen molar-refractivity contribution in [2.45, 2.75) is 24.4 Å². The summed E-state index contributed by atoms with van der Waals surface area (Å²) < 4.78 is 28.2. The van der Waals surface area contributed by atoms with Crippen molar-refractivity contribution in [2.24, 2.45) is 5.14 Å². The zero-order valence-electron chi connectivity index (χ0n) is 14.7. The third-order valence-corrected chi connectivity index (χ3v) is 5.32. The second-order valence-corrected chi connectivity index (χ2v) is 7.81. The molecule has 0 aliphatic heterocycles. The summed E-state index contributed by atoms with van der Waals surface area (Å²) in [6.45, 7) is 2.62. The van der Waals surface area contributed by atoms with Gasteiger partial charge in [0.1, 0.15) is 5.69 Å². The molecule has 1 atom stereocenters. The molecule has 1 aromatic heterocycles. The van der Waals surface area contributed by atoms with Gasteiger partial charge in [-0.25, -0.2) is 13.6 Å². The fraction of sp³-hybridized carbons (Fsp3) is 0.211. The lowest BCUT2D eigenvalue weighted by Gasteiger charge is -2.24. The van der Waals surface area contributed by atoms with Crippen LogP contribution in [0, 0.1) is 0 Å². The standard InChI is InChI=1S/C19H21N3O3S/c1-14(15-8-10-18(11-9-15)26(20,23)24)22(2)13-17-12-19(21-25-17)16-6-4-3-5-7-16/h3-12,14H,13H2,1-2H3,(H2,20,23,24)/t14-/m1/s1. The number of aromatic nitrogens is 1. The van der Waals surface area contributed by atoms with Crippen LogP contribution < -0.4 is 5.14 Å². The second-order valence-electron chi connectivity index (χ2n) is 6.25. The van der Waals surface area contributed by atoms with Crippen molar-refractivity contribution in [1.82, 2.24) is 10.1 Å². The molecule has 7 heteroatoms. The average Bonchev–Trinajstić information content (AvgIpc) is 3.09. The van der Waals surface area contributed by atoms with Crippen molar-refractivity contribution in [3.8, 4) is 11.3 Å². The van der Waals surface area contributed by atoms with Crippen LogP contribution in [0.5, 0.6) is 0 Å². The first kappa shape index (κ1) is 18.3. The SMILES string of the molecule is C[C@H](c1ccc(S(N)(=O)=O)cc1)N(C)Cc1cc(-c2ccccc2)no1. The minimum Gasteiger partial charge on any atom is -0.359 e. The molecule has 0 unspecified atom stereocenters. The zero-order chi connectivity index (χ0) is 18.7. The van der Waals surface area contributed by atoms with Crippen molar-refractivity contribution < 1.29 is 12.9 Å². The van der Waals surface area contributed by atoms with Crippen molar-refractivity contribution in [1.29, 1.82) is 0 Å². The Morgan fingerprint density at radius 3 is 2.38 bits per heavy atom. The molecule has 0 aliphatic carbocycles. The first-order valence-electron chi connectivity index (χ1n) is 8.18. The summed E-state index contributed by atoms with van der Waals surface area (Å²) in [5.74, 6) is 0.763. The Morgan fingerprint density at radius 1 is 1.12 bits per heavy atom. The molecule has 0 fully saturated rings. The van der Waals surface area contributed by atoms with E-state index in [2.05, 4.69) is 10.1 Å². The molecule has 0 aliphatic rings. The second kappa shape index (κ2) is 7.41. The Balaban J connectivity index is 1.70. The van der Waals surface area contributed by atoms with E-state index in [1.807, 2.05) is 50.4 Å². The van der Waals surface area contributed by atoms with E-state index in [-0.39, 0.29) is 10.9 Å². The number of nitrogens with two attached hydrogens (primary N) is 1. The summed E-state index contributed by atoms with van der Waals surface area (Å²) in [5.41, 5.74) is 2.80. The van der Waals surface area contributed by atoms with Crippen LogP contribution in [-0.4, -0.2) is 25.5 Å². The maximum absolute atomic E-state index is 11.4. The predicted octanol–water partition coefficient (Wildman–Crippen LogP) is 3.18. The van der Waals surface area contributed by atoms with Gasteiger partial charge in [0.25, 0.3) is 0 Å². The van der Waals surface area contributed by atoms with Crippen LogP contribution in [-0.2, 0) is 16.6 Å². The Morgan fingerprint density at radius 2 is 1.77 bits per heavy atom. The van der Waals surface area contributed by atoms with Crippen LogP contribution in [0.15, 0.2) is 70.1 Å². The molecular weight excluding hydrogens is 350 g/mol. The van der Waals surface area contributed by atoms with Gasteiger partial charge in [0, 0.05) is 17.7 Å². The third kappa shape index (κ3) is 4.19. The van der Waals surface area contributed by atoms with Gasteiger partial charge in [-0.2, -0.15) is 0 Å². The number of rotatable bonds is 6. The van der Waals surface area contributed by atoms with Gasteiger partial charge in [-0.05, 0) is 31.7 Å². The predicted molar refractivity (Wildman–Crippen MR) is 99.6 cm³/mol. The van der Waals surface area contributed by atoms with E-state index < -0.39 is 10.0 Å². The highest BCUT2D eigenvalue weighted by atomic mass is 32.2. The molecule has 0 saturated heterocycles. The topological polar surface area (TPSA) is 89.4 Å². The minimum absolute atomic E-state index is 0.0646. The Kier molecular flexibility index (Phi) is 5.22. The smallest absolute Gasteiger partial charge is 0.238 e. The summed E-state index contributed by atoms with van der Waals surface area (Å²) in [6.07, 6.45) is 0. The van der Waals surface area contributed by atoms with Crippen LogP contribution in [0.3, 0.4) is 0 Å². The molecule has 3 rings (SSSR count). The van der Waals surface area contributed by atoms with E-state index in [1.165, 1.54) is 12.1 Å². The van der Waals surface area contributed by atoms with Crippen LogP contribution in [0.25, 0.3) is 11.3 Å². The fourth-order valence-corrected chi connectivity index (χ4v) is 3.22. The Labute approximate surface area is 153 Å². The zero-order valence-corrected chi connectivity index (χ0v) is 15.5. The quantitative estimate of drug-likeness (QED) is 0.719. The first-order valence-corrected chi connectivity index (χ1v) is 9.73. The van der Waals surface area contributed by atoms with E-state index in [0.717, 1.165) is 22.6 Å². The molecule has 2 aromatic carbocycles. The van der Waals surface area contributed by atoms with E-state index in [0.29, 0.717) is 6.54 Å². The van der Waals surface area contributed by atoms with E-state index in [1.54, 1.807) is 12.1 Å². The number of primary sulfonamides is 1. The Hall–Kier alpha value is -2.48. The highest BCUT2D eigenvalue weighted by molar-refractivity contribution is 7.89. The highest BCUT2D eigenvalue weighted by Crippen LogP contribution is 2.24. The number of nitrogens with zero attached hydrogens (tertiary/aromatic N) is 2. The average molecular weight is 371 g/mol. The van der Waals surface area contributed by atoms with Crippen molar-refractivity contribution in [2.75, 3.05) is 7.05 Å². The molecule has 0 radical (unpaired) electrons. The largest absolute Gasteiger partial charge is 0.359 e. The molecule has 0 saturated carbocycles. The first-order chi connectivity index (χ1) is 12.3. The summed E-state index contributed by atoms with van der Waals surface area (Å²) >= 11 is 0. The molecule has 1 heterocycles. The maximum Gasteiger partial charge on any atom is 0.238 e. The van der Waals surface area contributed by atoms with Crippen molar-refractivity contribution in [3.05, 3.63) is 72.0 Å². The number of hydrogen-bond donors (Lipinski definition) is 1. The van der Waals surface area contributed by atoms with Crippen LogP contribution >= 0.6 is 0 Å². The highest BCUT2D eigenvalue weighted by Gasteiger charge is 2.16. The number of sulfonamides is 1. The van der Waals surface area contributed by atoms with Gasteiger partial charge in [0.2, 0.25) is 10.0 Å². The van der Waals surface area contributed by atoms with Crippen molar-refractivity contribution >= 4 is 10.0 Å². The Bertz CT molecular complexity index is 967.